The average molecular weight is 333 g/mol. The molecule has 0 N–H and O–H groups in total. The number of benzene rings is 1. The van der Waals surface area contributed by atoms with E-state index in [0.717, 1.165) is 23.4 Å². The molecule has 2 aromatic heterocycles. The highest BCUT2D eigenvalue weighted by Gasteiger charge is 2.22. The van der Waals surface area contributed by atoms with E-state index in [9.17, 15) is 13.6 Å². The second-order valence-corrected chi connectivity index (χ2v) is 7.43. The molecule has 6 nitrogen and oxygen atoms in total. The highest BCUT2D eigenvalue weighted by atomic mass is 32.2. The van der Waals surface area contributed by atoms with E-state index in [1.807, 2.05) is 0 Å². The Hall–Kier alpha value is -2.32. The summed E-state index contributed by atoms with van der Waals surface area (Å²) in [6, 6.07) is 9.90. The second-order valence-electron chi connectivity index (χ2n) is 4.66. The van der Waals surface area contributed by atoms with Crippen LogP contribution in [0.2, 0.25) is 0 Å². The minimum absolute atomic E-state index is 0.235. The normalized spacial score (nSPS) is 11.5. The Morgan fingerprint density at radius 1 is 1.14 bits per heavy atom. The minimum atomic E-state index is -3.25. The summed E-state index contributed by atoms with van der Waals surface area (Å²) in [4.78, 5) is 5.47. The van der Waals surface area contributed by atoms with Crippen LogP contribution < -0.4 is 4.85 Å². The Labute approximate surface area is 131 Å². The van der Waals surface area contributed by atoms with Gasteiger partial charge in [0.25, 0.3) is 5.69 Å². The number of rotatable bonds is 3. The molecule has 0 bridgehead atoms. The van der Waals surface area contributed by atoms with Crippen molar-refractivity contribution >= 4 is 21.4 Å². The smallest absolute Gasteiger partial charge is 0.274 e. The van der Waals surface area contributed by atoms with Crippen LogP contribution in [0, 0.1) is 5.21 Å². The molecule has 1 aromatic carbocycles. The lowest BCUT2D eigenvalue weighted by molar-refractivity contribution is -0.649. The maximum Gasteiger partial charge on any atom is 0.274 e. The van der Waals surface area contributed by atoms with Crippen molar-refractivity contribution in [2.45, 2.75) is 4.90 Å². The van der Waals surface area contributed by atoms with Gasteiger partial charge in [0, 0.05) is 35.7 Å². The molecular weight excluding hydrogens is 322 g/mol. The number of pyridine rings is 1. The molecule has 3 rings (SSSR count). The first-order chi connectivity index (χ1) is 10.5. The minimum Gasteiger partial charge on any atom is -0.593 e. The third-order valence-electron chi connectivity index (χ3n) is 3.09. The maximum atomic E-state index is 11.9. The van der Waals surface area contributed by atoms with Crippen LogP contribution in [0.5, 0.6) is 0 Å². The van der Waals surface area contributed by atoms with E-state index < -0.39 is 9.84 Å². The molecule has 0 amide bonds. The molecule has 0 aliphatic carbocycles. The SMILES string of the molecule is CS(=O)(=O)c1ccc(-c2sn[n+]([O-])c2-c2cccnc2)cc1. The zero-order chi connectivity index (χ0) is 15.7. The first-order valence-electron chi connectivity index (χ1n) is 6.27. The molecule has 0 radical (unpaired) electrons. The molecule has 112 valence electrons. The molecule has 22 heavy (non-hydrogen) atoms. The van der Waals surface area contributed by atoms with Gasteiger partial charge < -0.3 is 5.21 Å². The van der Waals surface area contributed by atoms with Gasteiger partial charge in [-0.15, -0.1) is 0 Å². The van der Waals surface area contributed by atoms with Crippen molar-refractivity contribution < 1.29 is 13.3 Å². The van der Waals surface area contributed by atoms with E-state index in [-0.39, 0.29) is 4.90 Å². The molecular formula is C14H11N3O3S2. The molecule has 0 saturated carbocycles. The fraction of sp³-hybridized carbons (Fsp3) is 0.0714. The third kappa shape index (κ3) is 2.70. The first kappa shape index (κ1) is 14.6. The topological polar surface area (TPSA) is 86.9 Å². The van der Waals surface area contributed by atoms with Gasteiger partial charge in [-0.2, -0.15) is 0 Å². The Bertz CT molecular complexity index is 904. The molecule has 0 aliphatic rings. The van der Waals surface area contributed by atoms with Crippen LogP contribution in [0.3, 0.4) is 0 Å². The Kier molecular flexibility index (Phi) is 3.63. The van der Waals surface area contributed by atoms with E-state index >= 15 is 0 Å². The van der Waals surface area contributed by atoms with Gasteiger partial charge in [0.15, 0.2) is 9.84 Å². The number of hydrogen-bond donors (Lipinski definition) is 0. The van der Waals surface area contributed by atoms with E-state index in [1.54, 1.807) is 36.7 Å². The highest BCUT2D eigenvalue weighted by Crippen LogP contribution is 2.32. The molecule has 0 fully saturated rings. The second kappa shape index (κ2) is 5.47. The van der Waals surface area contributed by atoms with Crippen LogP contribution in [-0.4, -0.2) is 24.1 Å². The average Bonchev–Trinajstić information content (AvgIpc) is 2.89. The van der Waals surface area contributed by atoms with Gasteiger partial charge in [0.05, 0.1) is 14.9 Å². The quantitative estimate of drug-likeness (QED) is 0.540. The molecule has 8 heteroatoms. The number of sulfone groups is 1. The molecule has 3 aromatic rings. The zero-order valence-electron chi connectivity index (χ0n) is 11.5. The predicted octanol–water partition coefficient (Wildman–Crippen LogP) is 1.91. The Morgan fingerprint density at radius 3 is 2.45 bits per heavy atom. The maximum absolute atomic E-state index is 11.9. The molecule has 0 saturated heterocycles. The fourth-order valence-corrected chi connectivity index (χ4v) is 3.43. The van der Waals surface area contributed by atoms with E-state index in [0.29, 0.717) is 21.0 Å². The summed E-state index contributed by atoms with van der Waals surface area (Å²) in [6.45, 7) is 0. The van der Waals surface area contributed by atoms with Gasteiger partial charge in [-0.1, -0.05) is 12.1 Å². The molecule has 0 unspecified atom stereocenters. The lowest BCUT2D eigenvalue weighted by Gasteiger charge is -2.02. The van der Waals surface area contributed by atoms with Crippen LogP contribution in [-0.2, 0) is 9.84 Å². The summed E-state index contributed by atoms with van der Waals surface area (Å²) >= 11 is 1.06. The van der Waals surface area contributed by atoms with Crippen LogP contribution in [0.1, 0.15) is 0 Å². The molecule has 0 spiro atoms. The lowest BCUT2D eigenvalue weighted by atomic mass is 10.1. The number of hydrogen-bond acceptors (Lipinski definition) is 6. The van der Waals surface area contributed by atoms with Crippen LogP contribution in [0.25, 0.3) is 21.7 Å². The van der Waals surface area contributed by atoms with Gasteiger partial charge in [-0.25, -0.2) is 8.42 Å². The summed E-state index contributed by atoms with van der Waals surface area (Å²) in [5, 5.41) is 11.9. The highest BCUT2D eigenvalue weighted by molar-refractivity contribution is 7.90. The van der Waals surface area contributed by atoms with Gasteiger partial charge in [-0.05, 0) is 29.1 Å². The molecule has 0 aliphatic heterocycles. The summed E-state index contributed by atoms with van der Waals surface area (Å²) in [5.74, 6) is 0. The predicted molar refractivity (Wildman–Crippen MR) is 82.9 cm³/mol. The van der Waals surface area contributed by atoms with Crippen molar-refractivity contribution in [3.8, 4) is 21.7 Å². The van der Waals surface area contributed by atoms with Crippen molar-refractivity contribution in [3.63, 3.8) is 0 Å². The zero-order valence-corrected chi connectivity index (χ0v) is 13.1. The summed E-state index contributed by atoms with van der Waals surface area (Å²) in [5.41, 5.74) is 1.80. The van der Waals surface area contributed by atoms with Crippen LogP contribution in [0.15, 0.2) is 53.7 Å². The third-order valence-corrected chi connectivity index (χ3v) is 5.06. The van der Waals surface area contributed by atoms with Gasteiger partial charge in [0.2, 0.25) is 0 Å². The van der Waals surface area contributed by atoms with Crippen molar-refractivity contribution in [2.24, 2.45) is 0 Å². The van der Waals surface area contributed by atoms with Gasteiger partial charge in [0.1, 0.15) is 4.88 Å². The fourth-order valence-electron chi connectivity index (χ4n) is 2.04. The van der Waals surface area contributed by atoms with E-state index in [1.165, 1.54) is 12.1 Å². The first-order valence-corrected chi connectivity index (χ1v) is 8.94. The van der Waals surface area contributed by atoms with Crippen molar-refractivity contribution in [3.05, 3.63) is 54.0 Å². The van der Waals surface area contributed by atoms with Crippen LogP contribution >= 0.6 is 11.5 Å². The van der Waals surface area contributed by atoms with Gasteiger partial charge in [-0.3, -0.25) is 4.98 Å². The van der Waals surface area contributed by atoms with Crippen molar-refractivity contribution in [1.29, 1.82) is 0 Å². The summed E-state index contributed by atoms with van der Waals surface area (Å²) in [6.07, 6.45) is 4.37. The van der Waals surface area contributed by atoms with E-state index in [2.05, 4.69) is 9.47 Å². The monoisotopic (exact) mass is 333 g/mol. The number of nitrogens with zero attached hydrogens (tertiary/aromatic N) is 3. The van der Waals surface area contributed by atoms with E-state index in [4.69, 9.17) is 0 Å². The standard InChI is InChI=1S/C14H11N3O3S2/c1-22(19,20)12-6-4-10(5-7-12)14-13(17(18)16-21-14)11-3-2-8-15-9-11/h2-9H,1H3. The van der Waals surface area contributed by atoms with Crippen molar-refractivity contribution in [1.82, 2.24) is 9.47 Å². The molecule has 2 heterocycles. The molecule has 0 atom stereocenters. The Morgan fingerprint density at radius 2 is 1.86 bits per heavy atom. The largest absolute Gasteiger partial charge is 0.593 e. The van der Waals surface area contributed by atoms with Crippen molar-refractivity contribution in [2.75, 3.05) is 6.26 Å². The summed E-state index contributed by atoms with van der Waals surface area (Å²) in [7, 11) is -3.25. The van der Waals surface area contributed by atoms with Crippen LogP contribution in [0.4, 0.5) is 0 Å². The number of aromatic nitrogens is 3. The Balaban J connectivity index is 2.11. The lowest BCUT2D eigenvalue weighted by Crippen LogP contribution is -2.29. The van der Waals surface area contributed by atoms with Gasteiger partial charge >= 0.3 is 0 Å². The summed E-state index contributed by atoms with van der Waals surface area (Å²) < 4.78 is 26.8.